The molecule has 7 nitrogen and oxygen atoms in total. The fourth-order valence-electron chi connectivity index (χ4n) is 5.94. The highest BCUT2D eigenvalue weighted by Crippen LogP contribution is 2.40. The molecule has 0 saturated heterocycles. The Morgan fingerprint density at radius 1 is 1.04 bits per heavy atom. The van der Waals surface area contributed by atoms with Crippen LogP contribution < -0.4 is 4.74 Å². The number of rotatable bonds is 7. The standard InChI is InChI=1S/C35H39ClFN3O4S/c1-21-18-23(16-17-38-21)22-10-15-28(43-6)24(19-22)20-40(33(41)32-31(36)30-27(37)8-7-9-29(30)45-32)26-13-11-25(12-14-26)39(5)34(42)44-35(2,3)4/h7-10,15-19,25-26H,11-14,20H2,1-6H3. The van der Waals surface area contributed by atoms with E-state index in [9.17, 15) is 14.0 Å². The van der Waals surface area contributed by atoms with Gasteiger partial charge in [-0.15, -0.1) is 11.3 Å². The summed E-state index contributed by atoms with van der Waals surface area (Å²) in [5.41, 5.74) is 3.15. The third-order valence-corrected chi connectivity index (χ3v) is 9.88. The molecule has 5 rings (SSSR count). The molecule has 2 amide bonds. The lowest BCUT2D eigenvalue weighted by Crippen LogP contribution is -2.47. The zero-order chi connectivity index (χ0) is 32.5. The highest BCUT2D eigenvalue weighted by molar-refractivity contribution is 7.21. The summed E-state index contributed by atoms with van der Waals surface area (Å²) >= 11 is 7.91. The predicted octanol–water partition coefficient (Wildman–Crippen LogP) is 8.89. The van der Waals surface area contributed by atoms with E-state index >= 15 is 0 Å². The van der Waals surface area contributed by atoms with Gasteiger partial charge in [0.1, 0.15) is 22.0 Å². The second-order valence-corrected chi connectivity index (χ2v) is 14.0. The molecule has 0 N–H and O–H groups in total. The van der Waals surface area contributed by atoms with E-state index in [-0.39, 0.29) is 41.0 Å². The molecule has 1 aliphatic rings. The van der Waals surface area contributed by atoms with E-state index in [4.69, 9.17) is 21.1 Å². The van der Waals surface area contributed by atoms with Crippen LogP contribution in [0.25, 0.3) is 21.2 Å². The topological polar surface area (TPSA) is 72.0 Å². The van der Waals surface area contributed by atoms with E-state index in [2.05, 4.69) is 4.98 Å². The van der Waals surface area contributed by atoms with E-state index in [0.717, 1.165) is 22.4 Å². The third-order valence-electron chi connectivity index (χ3n) is 8.25. The van der Waals surface area contributed by atoms with Crippen LogP contribution in [0.1, 0.15) is 67.4 Å². The molecule has 4 aromatic rings. The Bertz CT molecular complexity index is 1710. The number of aryl methyl sites for hydroxylation is 1. The van der Waals surface area contributed by atoms with E-state index in [1.807, 2.05) is 62.9 Å². The van der Waals surface area contributed by atoms with Gasteiger partial charge < -0.3 is 19.3 Å². The highest BCUT2D eigenvalue weighted by Gasteiger charge is 2.35. The van der Waals surface area contributed by atoms with Gasteiger partial charge in [-0.1, -0.05) is 23.7 Å². The SMILES string of the molecule is COc1ccc(-c2ccnc(C)c2)cc1CN(C(=O)c1sc2cccc(F)c2c1Cl)C1CCC(N(C)C(=O)OC(C)(C)C)CC1. The second kappa shape index (κ2) is 13.3. The molecule has 1 fully saturated rings. The number of ether oxygens (including phenoxy) is 2. The minimum atomic E-state index is -0.586. The molecule has 2 heterocycles. The fourth-order valence-corrected chi connectivity index (χ4v) is 7.44. The van der Waals surface area contributed by atoms with Gasteiger partial charge in [-0.2, -0.15) is 0 Å². The van der Waals surface area contributed by atoms with Crippen molar-refractivity contribution < 1.29 is 23.5 Å². The van der Waals surface area contributed by atoms with Crippen molar-refractivity contribution in [1.29, 1.82) is 0 Å². The zero-order valence-electron chi connectivity index (χ0n) is 26.5. The van der Waals surface area contributed by atoms with E-state index in [1.54, 1.807) is 37.4 Å². The van der Waals surface area contributed by atoms with Crippen molar-refractivity contribution in [1.82, 2.24) is 14.8 Å². The Labute approximate surface area is 272 Å². The van der Waals surface area contributed by atoms with Gasteiger partial charge in [-0.05, 0) is 101 Å². The Balaban J connectivity index is 1.48. The summed E-state index contributed by atoms with van der Waals surface area (Å²) < 4.78 is 26.8. The van der Waals surface area contributed by atoms with Gasteiger partial charge in [0.15, 0.2) is 0 Å². The summed E-state index contributed by atoms with van der Waals surface area (Å²) in [5.74, 6) is -0.0435. The second-order valence-electron chi connectivity index (χ2n) is 12.6. The molecule has 45 heavy (non-hydrogen) atoms. The van der Waals surface area contributed by atoms with Crippen molar-refractivity contribution >= 4 is 45.0 Å². The molecule has 2 aromatic heterocycles. The number of methoxy groups -OCH3 is 1. The molecule has 1 aliphatic carbocycles. The maximum absolute atomic E-state index is 14.8. The average molecular weight is 652 g/mol. The van der Waals surface area contributed by atoms with Crippen LogP contribution in [0.3, 0.4) is 0 Å². The van der Waals surface area contributed by atoms with Crippen molar-refractivity contribution in [2.45, 2.75) is 77.6 Å². The average Bonchev–Trinajstić information content (AvgIpc) is 3.35. The Morgan fingerprint density at radius 3 is 2.38 bits per heavy atom. The predicted molar refractivity (Wildman–Crippen MR) is 178 cm³/mol. The number of thiophene rings is 1. The number of carbonyl (C=O) groups is 2. The van der Waals surface area contributed by atoms with Crippen LogP contribution in [0, 0.1) is 12.7 Å². The van der Waals surface area contributed by atoms with Crippen molar-refractivity contribution in [3.63, 3.8) is 0 Å². The normalized spacial score (nSPS) is 16.8. The van der Waals surface area contributed by atoms with Crippen LogP contribution in [0.2, 0.25) is 5.02 Å². The Morgan fingerprint density at radius 2 is 1.73 bits per heavy atom. The zero-order valence-corrected chi connectivity index (χ0v) is 28.1. The summed E-state index contributed by atoms with van der Waals surface area (Å²) in [7, 11) is 3.38. The lowest BCUT2D eigenvalue weighted by atomic mass is 9.89. The van der Waals surface area contributed by atoms with Crippen molar-refractivity contribution in [3.8, 4) is 16.9 Å². The minimum Gasteiger partial charge on any atom is -0.496 e. The van der Waals surface area contributed by atoms with E-state index in [1.165, 1.54) is 17.4 Å². The summed E-state index contributed by atoms with van der Waals surface area (Å²) in [6.45, 7) is 7.77. The van der Waals surface area contributed by atoms with Gasteiger partial charge in [0, 0.05) is 53.2 Å². The van der Waals surface area contributed by atoms with E-state index in [0.29, 0.717) is 41.0 Å². The summed E-state index contributed by atoms with van der Waals surface area (Å²) in [5, 5.41) is 0.400. The largest absolute Gasteiger partial charge is 0.496 e. The molecular weight excluding hydrogens is 613 g/mol. The molecule has 2 aromatic carbocycles. The van der Waals surface area contributed by atoms with Gasteiger partial charge in [0.25, 0.3) is 5.91 Å². The molecule has 10 heteroatoms. The summed E-state index contributed by atoms with van der Waals surface area (Å²) in [6, 6.07) is 14.5. The Hall–Kier alpha value is -3.69. The van der Waals surface area contributed by atoms with Crippen LogP contribution in [0.5, 0.6) is 5.75 Å². The van der Waals surface area contributed by atoms with Gasteiger partial charge in [0.05, 0.1) is 12.1 Å². The van der Waals surface area contributed by atoms with Gasteiger partial charge >= 0.3 is 6.09 Å². The monoisotopic (exact) mass is 651 g/mol. The molecular formula is C35H39ClFN3O4S. The molecule has 0 atom stereocenters. The number of hydrogen-bond donors (Lipinski definition) is 0. The molecule has 238 valence electrons. The first-order valence-electron chi connectivity index (χ1n) is 15.1. The maximum atomic E-state index is 14.8. The number of pyridine rings is 1. The number of nitrogens with zero attached hydrogens (tertiary/aromatic N) is 3. The third kappa shape index (κ3) is 7.25. The van der Waals surface area contributed by atoms with Gasteiger partial charge in [0.2, 0.25) is 0 Å². The minimum absolute atomic E-state index is 0.0112. The van der Waals surface area contributed by atoms with Gasteiger partial charge in [-0.25, -0.2) is 9.18 Å². The summed E-state index contributed by atoms with van der Waals surface area (Å²) in [4.78, 5) is 35.3. The van der Waals surface area contributed by atoms with Crippen LogP contribution in [-0.2, 0) is 11.3 Å². The molecule has 0 spiro atoms. The fraction of sp³-hybridized carbons (Fsp3) is 0.400. The quantitative estimate of drug-likeness (QED) is 0.200. The molecule has 0 unspecified atom stereocenters. The number of aromatic nitrogens is 1. The van der Waals surface area contributed by atoms with Crippen LogP contribution in [0.15, 0.2) is 54.7 Å². The number of hydrogen-bond acceptors (Lipinski definition) is 6. The molecule has 0 radical (unpaired) electrons. The number of amides is 2. The number of halogens is 2. The maximum Gasteiger partial charge on any atom is 0.410 e. The molecule has 1 saturated carbocycles. The highest BCUT2D eigenvalue weighted by atomic mass is 35.5. The van der Waals surface area contributed by atoms with E-state index < -0.39 is 11.4 Å². The number of benzene rings is 2. The first-order chi connectivity index (χ1) is 21.4. The number of fused-ring (bicyclic) bond motifs is 1. The van der Waals surface area contributed by atoms with Crippen LogP contribution in [-0.4, -0.2) is 58.6 Å². The first kappa shape index (κ1) is 32.7. The summed E-state index contributed by atoms with van der Waals surface area (Å²) in [6.07, 6.45) is 4.17. The Kier molecular flexibility index (Phi) is 9.70. The van der Waals surface area contributed by atoms with Gasteiger partial charge in [-0.3, -0.25) is 9.78 Å². The lowest BCUT2D eigenvalue weighted by molar-refractivity contribution is 0.0144. The molecule has 0 bridgehead atoms. The van der Waals surface area contributed by atoms with Crippen molar-refractivity contribution in [2.75, 3.05) is 14.2 Å². The van der Waals surface area contributed by atoms with Crippen molar-refractivity contribution in [3.05, 3.63) is 81.7 Å². The lowest BCUT2D eigenvalue weighted by Gasteiger charge is -2.40. The smallest absolute Gasteiger partial charge is 0.410 e. The van der Waals surface area contributed by atoms with Crippen LogP contribution >= 0.6 is 22.9 Å². The molecule has 0 aliphatic heterocycles. The van der Waals surface area contributed by atoms with Crippen molar-refractivity contribution in [2.24, 2.45) is 0 Å². The first-order valence-corrected chi connectivity index (χ1v) is 16.3. The van der Waals surface area contributed by atoms with Crippen LogP contribution in [0.4, 0.5) is 9.18 Å². The number of carbonyl (C=O) groups excluding carboxylic acids is 2.